The summed E-state index contributed by atoms with van der Waals surface area (Å²) < 4.78 is 39.3. The maximum Gasteiger partial charge on any atom is 0.240 e. The average Bonchev–Trinajstić information content (AvgIpc) is 2.38. The van der Waals surface area contributed by atoms with Crippen LogP contribution in [-0.4, -0.2) is 39.0 Å². The minimum atomic E-state index is -3.57. The van der Waals surface area contributed by atoms with Gasteiger partial charge in [-0.1, -0.05) is 13.8 Å². The van der Waals surface area contributed by atoms with E-state index in [2.05, 4.69) is 9.62 Å². The molecule has 0 spiro atoms. The quantitative estimate of drug-likeness (QED) is 0.833. The molecule has 108 valence electrons. The summed E-state index contributed by atoms with van der Waals surface area (Å²) in [7, 11) is -3.57. The van der Waals surface area contributed by atoms with E-state index in [4.69, 9.17) is 0 Å². The molecule has 0 aliphatic heterocycles. The molecule has 0 radical (unpaired) electrons. The third-order valence-electron chi connectivity index (χ3n) is 3.13. The normalized spacial score (nSPS) is 13.7. The van der Waals surface area contributed by atoms with Crippen molar-refractivity contribution in [2.24, 2.45) is 0 Å². The smallest absolute Gasteiger partial charge is 0.240 e. The van der Waals surface area contributed by atoms with Gasteiger partial charge in [0.05, 0.1) is 4.90 Å². The third-order valence-corrected chi connectivity index (χ3v) is 4.57. The fourth-order valence-corrected chi connectivity index (χ4v) is 3.03. The molecule has 0 amide bonds. The van der Waals surface area contributed by atoms with E-state index >= 15 is 0 Å². The number of hydrogen-bond donors (Lipinski definition) is 1. The molecule has 19 heavy (non-hydrogen) atoms. The summed E-state index contributed by atoms with van der Waals surface area (Å²) in [6.45, 7) is 8.12. The van der Waals surface area contributed by atoms with Crippen LogP contribution in [0.1, 0.15) is 20.8 Å². The van der Waals surface area contributed by atoms with Crippen LogP contribution in [0.25, 0.3) is 0 Å². The van der Waals surface area contributed by atoms with E-state index in [0.29, 0.717) is 6.54 Å². The van der Waals surface area contributed by atoms with E-state index in [9.17, 15) is 12.8 Å². The predicted molar refractivity (Wildman–Crippen MR) is 74.0 cm³/mol. The monoisotopic (exact) mass is 288 g/mol. The second kappa shape index (κ2) is 6.98. The van der Waals surface area contributed by atoms with E-state index in [1.807, 2.05) is 20.8 Å². The lowest BCUT2D eigenvalue weighted by Gasteiger charge is -2.26. The Balaban J connectivity index is 2.68. The van der Waals surface area contributed by atoms with Gasteiger partial charge in [0, 0.05) is 12.6 Å². The first-order chi connectivity index (χ1) is 8.90. The van der Waals surface area contributed by atoms with Crippen molar-refractivity contribution in [1.29, 1.82) is 0 Å². The van der Waals surface area contributed by atoms with Gasteiger partial charge in [-0.15, -0.1) is 0 Å². The molecule has 1 aromatic rings. The van der Waals surface area contributed by atoms with Gasteiger partial charge in [0.15, 0.2) is 0 Å². The van der Waals surface area contributed by atoms with Crippen molar-refractivity contribution in [3.05, 3.63) is 30.1 Å². The number of sulfonamides is 1. The first-order valence-corrected chi connectivity index (χ1v) is 7.88. The summed E-state index contributed by atoms with van der Waals surface area (Å²) in [5.41, 5.74) is 0. The van der Waals surface area contributed by atoms with Crippen LogP contribution in [0.5, 0.6) is 0 Å². The highest BCUT2D eigenvalue weighted by Gasteiger charge is 2.17. The van der Waals surface area contributed by atoms with Crippen LogP contribution in [0.3, 0.4) is 0 Å². The topological polar surface area (TPSA) is 49.4 Å². The number of rotatable bonds is 7. The zero-order valence-electron chi connectivity index (χ0n) is 11.6. The summed E-state index contributed by atoms with van der Waals surface area (Å²) in [6, 6.07) is 4.93. The first-order valence-electron chi connectivity index (χ1n) is 6.40. The Hall–Kier alpha value is -0.980. The Kier molecular flexibility index (Phi) is 5.90. The zero-order chi connectivity index (χ0) is 14.5. The van der Waals surface area contributed by atoms with E-state index in [-0.39, 0.29) is 10.9 Å². The predicted octanol–water partition coefficient (Wildman–Crippen LogP) is 1.83. The van der Waals surface area contributed by atoms with Crippen LogP contribution in [0.2, 0.25) is 0 Å². The molecule has 1 aromatic carbocycles. The molecule has 0 heterocycles. The molecule has 4 nitrogen and oxygen atoms in total. The summed E-state index contributed by atoms with van der Waals surface area (Å²) in [4.78, 5) is 2.24. The van der Waals surface area contributed by atoms with Crippen LogP contribution in [0, 0.1) is 5.82 Å². The van der Waals surface area contributed by atoms with Gasteiger partial charge in [-0.25, -0.2) is 17.5 Å². The molecule has 6 heteroatoms. The fraction of sp³-hybridized carbons (Fsp3) is 0.538. The fourth-order valence-electron chi connectivity index (χ4n) is 1.90. The van der Waals surface area contributed by atoms with Crippen molar-refractivity contribution >= 4 is 10.0 Å². The average molecular weight is 288 g/mol. The van der Waals surface area contributed by atoms with Gasteiger partial charge in [-0.05, 0) is 44.3 Å². The maximum atomic E-state index is 12.8. The van der Waals surface area contributed by atoms with Crippen molar-refractivity contribution in [1.82, 2.24) is 9.62 Å². The van der Waals surface area contributed by atoms with Gasteiger partial charge in [-0.2, -0.15) is 0 Å². The largest absolute Gasteiger partial charge is 0.300 e. The molecule has 1 rings (SSSR count). The van der Waals surface area contributed by atoms with Crippen LogP contribution >= 0.6 is 0 Å². The van der Waals surface area contributed by atoms with Gasteiger partial charge in [0.25, 0.3) is 0 Å². The number of likely N-dealkylation sites (N-methyl/N-ethyl adjacent to an activating group) is 1. The van der Waals surface area contributed by atoms with E-state index in [0.717, 1.165) is 25.2 Å². The van der Waals surface area contributed by atoms with Crippen LogP contribution in [-0.2, 0) is 10.0 Å². The highest BCUT2D eigenvalue weighted by molar-refractivity contribution is 7.89. The zero-order valence-corrected chi connectivity index (χ0v) is 12.4. The minimum Gasteiger partial charge on any atom is -0.300 e. The number of halogens is 1. The SMILES string of the molecule is CCN(CC)C(C)CNS(=O)(=O)c1ccc(F)cc1. The highest BCUT2D eigenvalue weighted by atomic mass is 32.2. The molecular weight excluding hydrogens is 267 g/mol. The molecule has 0 aromatic heterocycles. The van der Waals surface area contributed by atoms with Crippen molar-refractivity contribution in [2.75, 3.05) is 19.6 Å². The van der Waals surface area contributed by atoms with Gasteiger partial charge >= 0.3 is 0 Å². The number of nitrogens with zero attached hydrogens (tertiary/aromatic N) is 1. The standard InChI is InChI=1S/C13H21FN2O2S/c1-4-16(5-2)11(3)10-15-19(17,18)13-8-6-12(14)7-9-13/h6-9,11,15H,4-5,10H2,1-3H3. The van der Waals surface area contributed by atoms with Crippen molar-refractivity contribution in [3.63, 3.8) is 0 Å². The van der Waals surface area contributed by atoms with Crippen molar-refractivity contribution in [3.8, 4) is 0 Å². The van der Waals surface area contributed by atoms with Crippen LogP contribution in [0.4, 0.5) is 4.39 Å². The lowest BCUT2D eigenvalue weighted by molar-refractivity contribution is 0.232. The molecule has 1 atom stereocenters. The number of benzene rings is 1. The molecule has 0 saturated carbocycles. The summed E-state index contributed by atoms with van der Waals surface area (Å²) in [6.07, 6.45) is 0. The Morgan fingerprint density at radius 3 is 2.21 bits per heavy atom. The van der Waals surface area contributed by atoms with Gasteiger partial charge in [-0.3, -0.25) is 4.90 Å². The lowest BCUT2D eigenvalue weighted by atomic mass is 10.3. The summed E-state index contributed by atoms with van der Waals surface area (Å²) in [5, 5.41) is 0. The van der Waals surface area contributed by atoms with E-state index in [1.54, 1.807) is 0 Å². The molecule has 0 aliphatic carbocycles. The van der Waals surface area contributed by atoms with Gasteiger partial charge < -0.3 is 0 Å². The van der Waals surface area contributed by atoms with Gasteiger partial charge in [0.2, 0.25) is 10.0 Å². The second-order valence-corrected chi connectivity index (χ2v) is 6.14. The Morgan fingerprint density at radius 1 is 1.21 bits per heavy atom. The summed E-state index contributed by atoms with van der Waals surface area (Å²) in [5.74, 6) is -0.449. The highest BCUT2D eigenvalue weighted by Crippen LogP contribution is 2.09. The lowest BCUT2D eigenvalue weighted by Crippen LogP contribution is -2.41. The number of hydrogen-bond acceptors (Lipinski definition) is 3. The van der Waals surface area contributed by atoms with Crippen molar-refractivity contribution < 1.29 is 12.8 Å². The Morgan fingerprint density at radius 2 is 1.74 bits per heavy atom. The third kappa shape index (κ3) is 4.56. The van der Waals surface area contributed by atoms with Gasteiger partial charge in [0.1, 0.15) is 5.82 Å². The Bertz CT molecular complexity index is 484. The first kappa shape index (κ1) is 16.1. The van der Waals surface area contributed by atoms with Crippen molar-refractivity contribution in [2.45, 2.75) is 31.7 Å². The van der Waals surface area contributed by atoms with Crippen LogP contribution < -0.4 is 4.72 Å². The number of nitrogens with one attached hydrogen (secondary N) is 1. The molecule has 0 aliphatic rings. The second-order valence-electron chi connectivity index (χ2n) is 4.38. The Labute approximate surface area is 114 Å². The summed E-state index contributed by atoms with van der Waals surface area (Å²) >= 11 is 0. The van der Waals surface area contributed by atoms with E-state index in [1.165, 1.54) is 12.1 Å². The molecular formula is C13H21FN2O2S. The van der Waals surface area contributed by atoms with E-state index < -0.39 is 15.8 Å². The molecule has 1 N–H and O–H groups in total. The molecule has 1 unspecified atom stereocenters. The minimum absolute atomic E-state index is 0.0839. The molecule has 0 saturated heterocycles. The molecule has 0 fully saturated rings. The molecule has 0 bridgehead atoms. The van der Waals surface area contributed by atoms with Crippen LogP contribution in [0.15, 0.2) is 29.2 Å². The maximum absolute atomic E-state index is 12.8.